The van der Waals surface area contributed by atoms with E-state index in [9.17, 15) is 5.11 Å². The highest BCUT2D eigenvalue weighted by atomic mass is 16.3. The van der Waals surface area contributed by atoms with E-state index in [0.29, 0.717) is 5.92 Å². The summed E-state index contributed by atoms with van der Waals surface area (Å²) in [5.41, 5.74) is 1.88. The molecule has 1 unspecified atom stereocenters. The number of aliphatic hydroxyl groups is 1. The molecule has 84 valence electrons. The van der Waals surface area contributed by atoms with Gasteiger partial charge in [0.2, 0.25) is 0 Å². The molecule has 1 atom stereocenters. The molecule has 1 heterocycles. The molecule has 16 heavy (non-hydrogen) atoms. The van der Waals surface area contributed by atoms with Crippen molar-refractivity contribution in [2.75, 3.05) is 0 Å². The fraction of sp³-hybridized carbons (Fsp3) is 0.429. The summed E-state index contributed by atoms with van der Waals surface area (Å²) in [5, 5.41) is 11.4. The molecule has 1 aromatic heterocycles. The first-order valence-corrected chi connectivity index (χ1v) is 5.93. The standard InChI is InChI=1S/C14H16O2/c1-9-13(14(15)10-5-4-6-10)11-7-2-3-8-12(11)16-9/h2-3,7-8,10,14-15H,4-6H2,1H3. The molecule has 0 saturated heterocycles. The van der Waals surface area contributed by atoms with Crippen molar-refractivity contribution in [3.05, 3.63) is 35.6 Å². The fourth-order valence-electron chi connectivity index (χ4n) is 2.55. The molecule has 2 heteroatoms. The van der Waals surface area contributed by atoms with E-state index in [1.165, 1.54) is 6.42 Å². The summed E-state index contributed by atoms with van der Waals surface area (Å²) in [4.78, 5) is 0. The molecule has 0 bridgehead atoms. The van der Waals surface area contributed by atoms with Crippen LogP contribution in [-0.4, -0.2) is 5.11 Å². The Balaban J connectivity index is 2.10. The van der Waals surface area contributed by atoms with Gasteiger partial charge in [0.15, 0.2) is 0 Å². The van der Waals surface area contributed by atoms with Crippen LogP contribution < -0.4 is 0 Å². The van der Waals surface area contributed by atoms with Crippen LogP contribution in [0.5, 0.6) is 0 Å². The van der Waals surface area contributed by atoms with E-state index >= 15 is 0 Å². The molecule has 1 N–H and O–H groups in total. The molecule has 0 radical (unpaired) electrons. The minimum absolute atomic E-state index is 0.350. The lowest BCUT2D eigenvalue weighted by Crippen LogP contribution is -2.20. The third-order valence-corrected chi connectivity index (χ3v) is 3.71. The van der Waals surface area contributed by atoms with E-state index in [1.54, 1.807) is 0 Å². The molecule has 1 aromatic carbocycles. The number of aliphatic hydroxyl groups excluding tert-OH is 1. The third kappa shape index (κ3) is 1.37. The van der Waals surface area contributed by atoms with Crippen molar-refractivity contribution in [2.45, 2.75) is 32.3 Å². The zero-order valence-corrected chi connectivity index (χ0v) is 9.44. The Hall–Kier alpha value is -1.28. The summed E-state index contributed by atoms with van der Waals surface area (Å²) < 4.78 is 5.68. The first kappa shape index (κ1) is 9.91. The number of rotatable bonds is 2. The molecule has 1 saturated carbocycles. The Kier molecular flexibility index (Phi) is 2.25. The van der Waals surface area contributed by atoms with Gasteiger partial charge in [-0.25, -0.2) is 0 Å². The van der Waals surface area contributed by atoms with Crippen molar-refractivity contribution in [1.29, 1.82) is 0 Å². The maximum atomic E-state index is 10.3. The van der Waals surface area contributed by atoms with Crippen LogP contribution in [0.2, 0.25) is 0 Å². The minimum atomic E-state index is -0.350. The highest BCUT2D eigenvalue weighted by molar-refractivity contribution is 5.82. The molecular formula is C14H16O2. The molecule has 0 aliphatic heterocycles. The van der Waals surface area contributed by atoms with E-state index in [4.69, 9.17) is 4.42 Å². The first-order chi connectivity index (χ1) is 7.77. The third-order valence-electron chi connectivity index (χ3n) is 3.71. The van der Waals surface area contributed by atoms with Crippen LogP contribution in [-0.2, 0) is 0 Å². The van der Waals surface area contributed by atoms with Crippen LogP contribution in [0, 0.1) is 12.8 Å². The topological polar surface area (TPSA) is 33.4 Å². The maximum Gasteiger partial charge on any atom is 0.134 e. The lowest BCUT2D eigenvalue weighted by Gasteiger charge is -2.30. The van der Waals surface area contributed by atoms with Crippen molar-refractivity contribution in [2.24, 2.45) is 5.92 Å². The molecule has 0 spiro atoms. The van der Waals surface area contributed by atoms with E-state index in [1.807, 2.05) is 31.2 Å². The predicted molar refractivity (Wildman–Crippen MR) is 63.3 cm³/mol. The smallest absolute Gasteiger partial charge is 0.134 e. The quantitative estimate of drug-likeness (QED) is 0.832. The van der Waals surface area contributed by atoms with Gasteiger partial charge in [-0.3, -0.25) is 0 Å². The summed E-state index contributed by atoms with van der Waals surface area (Å²) in [5.74, 6) is 1.29. The monoisotopic (exact) mass is 216 g/mol. The zero-order valence-electron chi connectivity index (χ0n) is 9.44. The van der Waals surface area contributed by atoms with Gasteiger partial charge < -0.3 is 9.52 Å². The summed E-state index contributed by atoms with van der Waals surface area (Å²) >= 11 is 0. The summed E-state index contributed by atoms with van der Waals surface area (Å²) in [7, 11) is 0. The van der Waals surface area contributed by atoms with Gasteiger partial charge in [0.05, 0.1) is 6.10 Å². The molecule has 1 aliphatic rings. The Morgan fingerprint density at radius 3 is 2.75 bits per heavy atom. The highest BCUT2D eigenvalue weighted by Crippen LogP contribution is 2.41. The number of para-hydroxylation sites is 1. The summed E-state index contributed by atoms with van der Waals surface area (Å²) in [6, 6.07) is 7.95. The van der Waals surface area contributed by atoms with Gasteiger partial charge in [-0.15, -0.1) is 0 Å². The molecule has 2 nitrogen and oxygen atoms in total. The molecule has 2 aromatic rings. The van der Waals surface area contributed by atoms with Gasteiger partial charge in [-0.2, -0.15) is 0 Å². The second kappa shape index (κ2) is 3.63. The summed E-state index contributed by atoms with van der Waals surface area (Å²) in [6.45, 7) is 1.94. The van der Waals surface area contributed by atoms with Crippen LogP contribution in [0.3, 0.4) is 0 Å². The van der Waals surface area contributed by atoms with E-state index in [-0.39, 0.29) is 6.10 Å². The number of fused-ring (bicyclic) bond motifs is 1. The Morgan fingerprint density at radius 1 is 1.31 bits per heavy atom. The van der Waals surface area contributed by atoms with Crippen molar-refractivity contribution >= 4 is 11.0 Å². The van der Waals surface area contributed by atoms with Crippen LogP contribution in [0.4, 0.5) is 0 Å². The normalized spacial score (nSPS) is 18.6. The lowest BCUT2D eigenvalue weighted by molar-refractivity contribution is 0.0619. The van der Waals surface area contributed by atoms with Gasteiger partial charge in [0.25, 0.3) is 0 Å². The second-order valence-electron chi connectivity index (χ2n) is 4.70. The number of hydrogen-bond donors (Lipinski definition) is 1. The van der Waals surface area contributed by atoms with Crippen molar-refractivity contribution in [3.63, 3.8) is 0 Å². The molecule has 0 amide bonds. The van der Waals surface area contributed by atoms with Crippen molar-refractivity contribution < 1.29 is 9.52 Å². The van der Waals surface area contributed by atoms with Crippen LogP contribution in [0.1, 0.15) is 36.7 Å². The van der Waals surface area contributed by atoms with Gasteiger partial charge in [0, 0.05) is 10.9 Å². The van der Waals surface area contributed by atoms with E-state index in [0.717, 1.165) is 35.1 Å². The Morgan fingerprint density at radius 2 is 2.06 bits per heavy atom. The van der Waals surface area contributed by atoms with Gasteiger partial charge in [0.1, 0.15) is 11.3 Å². The molecule has 1 fully saturated rings. The Labute approximate surface area is 94.9 Å². The SMILES string of the molecule is Cc1oc2ccccc2c1C(O)C1CCC1. The van der Waals surface area contributed by atoms with Crippen molar-refractivity contribution in [1.82, 2.24) is 0 Å². The average molecular weight is 216 g/mol. The minimum Gasteiger partial charge on any atom is -0.461 e. The molecule has 1 aliphatic carbocycles. The molecular weight excluding hydrogens is 200 g/mol. The van der Waals surface area contributed by atoms with Crippen LogP contribution in [0.25, 0.3) is 11.0 Å². The van der Waals surface area contributed by atoms with Gasteiger partial charge in [-0.05, 0) is 31.7 Å². The first-order valence-electron chi connectivity index (χ1n) is 5.93. The molecule has 3 rings (SSSR count). The van der Waals surface area contributed by atoms with Crippen molar-refractivity contribution in [3.8, 4) is 0 Å². The second-order valence-corrected chi connectivity index (χ2v) is 4.70. The Bertz CT molecular complexity index is 508. The predicted octanol–water partition coefficient (Wildman–Crippen LogP) is 3.57. The van der Waals surface area contributed by atoms with Crippen LogP contribution >= 0.6 is 0 Å². The largest absolute Gasteiger partial charge is 0.461 e. The van der Waals surface area contributed by atoms with E-state index in [2.05, 4.69) is 0 Å². The maximum absolute atomic E-state index is 10.3. The van der Waals surface area contributed by atoms with Gasteiger partial charge >= 0.3 is 0 Å². The van der Waals surface area contributed by atoms with Crippen LogP contribution in [0.15, 0.2) is 28.7 Å². The highest BCUT2D eigenvalue weighted by Gasteiger charge is 2.30. The fourth-order valence-corrected chi connectivity index (χ4v) is 2.55. The van der Waals surface area contributed by atoms with E-state index < -0.39 is 0 Å². The zero-order chi connectivity index (χ0) is 11.1. The number of furan rings is 1. The van der Waals surface area contributed by atoms with Gasteiger partial charge in [-0.1, -0.05) is 24.6 Å². The number of hydrogen-bond acceptors (Lipinski definition) is 2. The summed E-state index contributed by atoms with van der Waals surface area (Å²) in [6.07, 6.45) is 3.17. The number of aryl methyl sites for hydroxylation is 1. The average Bonchev–Trinajstić information content (AvgIpc) is 2.50. The lowest BCUT2D eigenvalue weighted by atomic mass is 9.78. The number of benzene rings is 1.